The number of hydrogen-bond donors (Lipinski definition) is 0. The molecule has 162 valence electrons. The molecule has 0 spiro atoms. The molecule has 0 aromatic heterocycles. The molecule has 0 atom stereocenters. The Bertz CT molecular complexity index is 1200. The summed E-state index contributed by atoms with van der Waals surface area (Å²) in [5.74, 6) is 0.768. The molecule has 32 heavy (non-hydrogen) atoms. The number of nitro benzene ring substituents is 1. The molecule has 0 bridgehead atoms. The number of nitrogens with zero attached hydrogens (tertiary/aromatic N) is 2. The molecule has 3 aromatic rings. The fourth-order valence-electron chi connectivity index (χ4n) is 2.96. The van der Waals surface area contributed by atoms with Crippen LogP contribution in [-0.4, -0.2) is 11.5 Å². The number of halogens is 2. The molecule has 0 radical (unpaired) electrons. The number of rotatable bonds is 8. The highest BCUT2D eigenvalue weighted by Crippen LogP contribution is 2.38. The van der Waals surface area contributed by atoms with Crippen LogP contribution in [-0.2, 0) is 6.61 Å². The van der Waals surface area contributed by atoms with E-state index in [0.29, 0.717) is 44.9 Å². The van der Waals surface area contributed by atoms with Gasteiger partial charge in [-0.15, -0.1) is 0 Å². The van der Waals surface area contributed by atoms with Gasteiger partial charge in [0.25, 0.3) is 5.69 Å². The van der Waals surface area contributed by atoms with Crippen LogP contribution in [0.4, 0.5) is 5.69 Å². The van der Waals surface area contributed by atoms with E-state index in [2.05, 4.69) is 6.07 Å². The van der Waals surface area contributed by atoms with Gasteiger partial charge in [-0.1, -0.05) is 41.4 Å². The third-order valence-electron chi connectivity index (χ3n) is 4.46. The molecule has 0 unspecified atom stereocenters. The van der Waals surface area contributed by atoms with E-state index in [1.165, 1.54) is 12.1 Å². The highest BCUT2D eigenvalue weighted by atomic mass is 35.5. The Morgan fingerprint density at radius 3 is 2.44 bits per heavy atom. The van der Waals surface area contributed by atoms with E-state index in [9.17, 15) is 15.4 Å². The zero-order chi connectivity index (χ0) is 23.1. The standard InChI is InChI=1S/C24H18Cl2N2O4/c1-2-31-23-13-17(11-18(14-27)20-5-3-4-6-21(20)25)12-22(26)24(23)32-15-16-7-9-19(10-8-16)28(29)30/h3-13H,2,15H2,1H3. The fraction of sp³-hybridized carbons (Fsp3) is 0.125. The van der Waals surface area contributed by atoms with E-state index >= 15 is 0 Å². The molecule has 0 saturated heterocycles. The van der Waals surface area contributed by atoms with Crippen LogP contribution in [0.5, 0.6) is 11.5 Å². The molecular formula is C24H18Cl2N2O4. The number of ether oxygens (including phenoxy) is 2. The van der Waals surface area contributed by atoms with E-state index in [4.69, 9.17) is 32.7 Å². The van der Waals surface area contributed by atoms with Crippen molar-refractivity contribution in [2.75, 3.05) is 6.61 Å². The molecule has 0 fully saturated rings. The van der Waals surface area contributed by atoms with Gasteiger partial charge >= 0.3 is 0 Å². The summed E-state index contributed by atoms with van der Waals surface area (Å²) < 4.78 is 11.6. The van der Waals surface area contributed by atoms with Crippen LogP contribution in [0.1, 0.15) is 23.6 Å². The summed E-state index contributed by atoms with van der Waals surface area (Å²) in [6, 6.07) is 18.7. The van der Waals surface area contributed by atoms with Crippen LogP contribution in [0.3, 0.4) is 0 Å². The second kappa shape index (κ2) is 10.7. The number of non-ortho nitro benzene ring substituents is 1. The molecule has 6 nitrogen and oxygen atoms in total. The van der Waals surface area contributed by atoms with Gasteiger partial charge in [-0.2, -0.15) is 5.26 Å². The molecule has 0 aliphatic rings. The minimum Gasteiger partial charge on any atom is -0.490 e. The zero-order valence-corrected chi connectivity index (χ0v) is 18.6. The van der Waals surface area contributed by atoms with E-state index < -0.39 is 4.92 Å². The first-order chi connectivity index (χ1) is 15.4. The maximum Gasteiger partial charge on any atom is 0.269 e. The van der Waals surface area contributed by atoms with Gasteiger partial charge in [0.1, 0.15) is 6.61 Å². The van der Waals surface area contributed by atoms with E-state index in [-0.39, 0.29) is 12.3 Å². The van der Waals surface area contributed by atoms with Crippen LogP contribution in [0.15, 0.2) is 60.7 Å². The molecule has 0 saturated carbocycles. The molecule has 0 aliphatic heterocycles. The lowest BCUT2D eigenvalue weighted by Gasteiger charge is -2.15. The molecular weight excluding hydrogens is 451 g/mol. The lowest BCUT2D eigenvalue weighted by atomic mass is 10.0. The molecule has 0 amide bonds. The number of nitro groups is 1. The summed E-state index contributed by atoms with van der Waals surface area (Å²) in [5, 5.41) is 21.2. The Hall–Kier alpha value is -3.53. The maximum absolute atomic E-state index is 10.8. The van der Waals surface area contributed by atoms with E-state index in [1.54, 1.807) is 54.6 Å². The quantitative estimate of drug-likeness (QED) is 0.154. The minimum absolute atomic E-state index is 0.00439. The maximum atomic E-state index is 10.8. The molecule has 3 rings (SSSR count). The lowest BCUT2D eigenvalue weighted by molar-refractivity contribution is -0.384. The third-order valence-corrected chi connectivity index (χ3v) is 5.07. The minimum atomic E-state index is -0.459. The average Bonchev–Trinajstić information content (AvgIpc) is 2.78. The summed E-state index contributed by atoms with van der Waals surface area (Å²) in [5.41, 5.74) is 2.39. The van der Waals surface area contributed by atoms with Crippen molar-refractivity contribution in [2.24, 2.45) is 0 Å². The van der Waals surface area contributed by atoms with Crippen molar-refractivity contribution in [1.29, 1.82) is 5.26 Å². The van der Waals surface area contributed by atoms with Crippen molar-refractivity contribution in [3.05, 3.63) is 97.5 Å². The topological polar surface area (TPSA) is 85.4 Å². The monoisotopic (exact) mass is 468 g/mol. The number of benzene rings is 3. The predicted molar refractivity (Wildman–Crippen MR) is 125 cm³/mol. The normalized spacial score (nSPS) is 11.0. The van der Waals surface area contributed by atoms with Gasteiger partial charge in [0.2, 0.25) is 0 Å². The number of nitriles is 1. The SMILES string of the molecule is CCOc1cc(C=C(C#N)c2ccccc2Cl)cc(Cl)c1OCc1ccc([N+](=O)[O-])cc1. The molecule has 0 N–H and O–H groups in total. The van der Waals surface area contributed by atoms with Crippen molar-refractivity contribution in [3.8, 4) is 17.6 Å². The first-order valence-electron chi connectivity index (χ1n) is 9.62. The average molecular weight is 469 g/mol. The summed E-state index contributed by atoms with van der Waals surface area (Å²) in [6.07, 6.45) is 1.68. The Balaban J connectivity index is 1.90. The Morgan fingerprint density at radius 1 is 1.09 bits per heavy atom. The van der Waals surface area contributed by atoms with Crippen LogP contribution in [0.25, 0.3) is 11.6 Å². The van der Waals surface area contributed by atoms with Gasteiger partial charge in [0.15, 0.2) is 11.5 Å². The summed E-state index contributed by atoms with van der Waals surface area (Å²) in [6.45, 7) is 2.37. The predicted octanol–water partition coefficient (Wildman–Crippen LogP) is 6.94. The van der Waals surface area contributed by atoms with Gasteiger partial charge in [-0.25, -0.2) is 0 Å². The second-order valence-electron chi connectivity index (χ2n) is 6.62. The smallest absolute Gasteiger partial charge is 0.269 e. The Labute approximate surface area is 195 Å². The van der Waals surface area contributed by atoms with Crippen molar-refractivity contribution in [3.63, 3.8) is 0 Å². The fourth-order valence-corrected chi connectivity index (χ4v) is 3.47. The first kappa shape index (κ1) is 23.1. The molecule has 3 aromatic carbocycles. The number of hydrogen-bond acceptors (Lipinski definition) is 5. The highest BCUT2D eigenvalue weighted by molar-refractivity contribution is 6.33. The van der Waals surface area contributed by atoms with Crippen molar-refractivity contribution in [2.45, 2.75) is 13.5 Å². The van der Waals surface area contributed by atoms with Crippen molar-refractivity contribution < 1.29 is 14.4 Å². The summed E-state index contributed by atoms with van der Waals surface area (Å²) in [7, 11) is 0. The zero-order valence-electron chi connectivity index (χ0n) is 17.0. The van der Waals surface area contributed by atoms with Gasteiger partial charge in [-0.05, 0) is 54.5 Å². The Morgan fingerprint density at radius 2 is 1.81 bits per heavy atom. The molecule has 8 heteroatoms. The van der Waals surface area contributed by atoms with Gasteiger partial charge in [-0.3, -0.25) is 10.1 Å². The largest absolute Gasteiger partial charge is 0.490 e. The number of allylic oxidation sites excluding steroid dienone is 1. The van der Waals surface area contributed by atoms with Gasteiger partial charge in [0, 0.05) is 22.7 Å². The highest BCUT2D eigenvalue weighted by Gasteiger charge is 2.14. The van der Waals surface area contributed by atoms with E-state index in [1.807, 2.05) is 6.92 Å². The van der Waals surface area contributed by atoms with Crippen LogP contribution < -0.4 is 9.47 Å². The lowest BCUT2D eigenvalue weighted by Crippen LogP contribution is -2.01. The molecule has 0 aliphatic carbocycles. The van der Waals surface area contributed by atoms with Crippen LogP contribution in [0, 0.1) is 21.4 Å². The van der Waals surface area contributed by atoms with Crippen molar-refractivity contribution in [1.82, 2.24) is 0 Å². The third kappa shape index (κ3) is 5.58. The summed E-state index contributed by atoms with van der Waals surface area (Å²) in [4.78, 5) is 10.3. The van der Waals surface area contributed by atoms with Gasteiger partial charge < -0.3 is 9.47 Å². The van der Waals surface area contributed by atoms with Crippen LogP contribution >= 0.6 is 23.2 Å². The van der Waals surface area contributed by atoms with Crippen LogP contribution in [0.2, 0.25) is 10.0 Å². The summed E-state index contributed by atoms with van der Waals surface area (Å²) >= 11 is 12.7. The Kier molecular flexibility index (Phi) is 7.72. The van der Waals surface area contributed by atoms with E-state index in [0.717, 1.165) is 5.56 Å². The second-order valence-corrected chi connectivity index (χ2v) is 7.44. The first-order valence-corrected chi connectivity index (χ1v) is 10.4. The van der Waals surface area contributed by atoms with Gasteiger partial charge in [0.05, 0.1) is 28.2 Å². The van der Waals surface area contributed by atoms with Crippen molar-refractivity contribution >= 4 is 40.5 Å². The molecule has 0 heterocycles.